The summed E-state index contributed by atoms with van der Waals surface area (Å²) in [5.74, 6) is -0.0102. The Balaban J connectivity index is 2.79. The molecule has 0 aliphatic rings. The molecule has 0 aliphatic carbocycles. The van der Waals surface area contributed by atoms with Gasteiger partial charge in [0.1, 0.15) is 33.8 Å². The highest BCUT2D eigenvalue weighted by Gasteiger charge is 2.19. The second kappa shape index (κ2) is 6.08. The number of nitriles is 1. The highest BCUT2D eigenvalue weighted by atomic mass is 35.5. The van der Waals surface area contributed by atoms with Crippen molar-refractivity contribution in [3.05, 3.63) is 33.1 Å². The monoisotopic (exact) mass is 323 g/mol. The first-order valence-electron chi connectivity index (χ1n) is 5.67. The standard InChI is InChI=1S/C13H10ClN3O3S/c1-20-8-4-3-6(11(18)9(8)14)10-7(5-15)12(19)17-13(16-10)21-2/h3-4,18H,1-2H3,(H,16,17,19). The molecule has 0 saturated heterocycles. The number of phenolic OH excluding ortho intramolecular Hbond substituents is 1. The maximum Gasteiger partial charge on any atom is 0.270 e. The molecule has 108 valence electrons. The van der Waals surface area contributed by atoms with Crippen LogP contribution in [0.4, 0.5) is 0 Å². The van der Waals surface area contributed by atoms with Crippen molar-refractivity contribution in [1.29, 1.82) is 5.26 Å². The third kappa shape index (κ3) is 2.68. The lowest BCUT2D eigenvalue weighted by atomic mass is 10.1. The lowest BCUT2D eigenvalue weighted by molar-refractivity contribution is 0.408. The maximum absolute atomic E-state index is 11.9. The van der Waals surface area contributed by atoms with Crippen molar-refractivity contribution >= 4 is 23.4 Å². The Kier molecular flexibility index (Phi) is 4.40. The molecule has 2 N–H and O–H groups in total. The van der Waals surface area contributed by atoms with Crippen LogP contribution in [0.25, 0.3) is 11.3 Å². The van der Waals surface area contributed by atoms with E-state index in [9.17, 15) is 9.90 Å². The molecule has 2 rings (SSSR count). The van der Waals surface area contributed by atoms with Gasteiger partial charge in [-0.25, -0.2) is 4.98 Å². The molecule has 0 saturated carbocycles. The molecule has 0 atom stereocenters. The Bertz CT molecular complexity index is 798. The van der Waals surface area contributed by atoms with E-state index in [0.29, 0.717) is 5.16 Å². The van der Waals surface area contributed by atoms with Crippen molar-refractivity contribution in [3.8, 4) is 28.8 Å². The number of ether oxygens (including phenoxy) is 1. The number of halogens is 1. The Morgan fingerprint density at radius 2 is 2.24 bits per heavy atom. The SMILES string of the molecule is COc1ccc(-c2nc(SC)[nH]c(=O)c2C#N)c(O)c1Cl. The fourth-order valence-corrected chi connectivity index (χ4v) is 2.36. The number of nitrogens with zero attached hydrogens (tertiary/aromatic N) is 2. The van der Waals surface area contributed by atoms with Gasteiger partial charge < -0.3 is 14.8 Å². The fourth-order valence-electron chi connectivity index (χ4n) is 1.74. The third-order valence-electron chi connectivity index (χ3n) is 2.76. The van der Waals surface area contributed by atoms with Crippen LogP contribution in [0.1, 0.15) is 5.56 Å². The van der Waals surface area contributed by atoms with E-state index in [4.69, 9.17) is 21.6 Å². The molecule has 0 spiro atoms. The Labute approximate surface area is 129 Å². The van der Waals surface area contributed by atoms with Crippen LogP contribution < -0.4 is 10.3 Å². The largest absolute Gasteiger partial charge is 0.506 e. The number of phenols is 1. The van der Waals surface area contributed by atoms with Gasteiger partial charge in [-0.3, -0.25) is 4.79 Å². The van der Waals surface area contributed by atoms with E-state index in [1.165, 1.54) is 31.0 Å². The molecule has 0 unspecified atom stereocenters. The summed E-state index contributed by atoms with van der Waals surface area (Å²) < 4.78 is 4.99. The van der Waals surface area contributed by atoms with Crippen LogP contribution in [-0.2, 0) is 0 Å². The van der Waals surface area contributed by atoms with Crippen LogP contribution in [0.5, 0.6) is 11.5 Å². The molecule has 0 bridgehead atoms. The van der Waals surface area contributed by atoms with E-state index in [2.05, 4.69) is 9.97 Å². The van der Waals surface area contributed by atoms with Gasteiger partial charge in [0.05, 0.1) is 7.11 Å². The molecule has 1 aromatic heterocycles. The number of aromatic amines is 1. The minimum absolute atomic E-state index is 0.00771. The molecule has 0 radical (unpaired) electrons. The number of hydrogen-bond donors (Lipinski definition) is 2. The normalized spacial score (nSPS) is 10.2. The number of aromatic nitrogens is 2. The van der Waals surface area contributed by atoms with E-state index in [-0.39, 0.29) is 33.3 Å². The van der Waals surface area contributed by atoms with Crippen molar-refractivity contribution < 1.29 is 9.84 Å². The predicted molar refractivity (Wildman–Crippen MR) is 80.0 cm³/mol. The number of rotatable bonds is 3. The van der Waals surface area contributed by atoms with Crippen molar-refractivity contribution in [1.82, 2.24) is 9.97 Å². The van der Waals surface area contributed by atoms with Crippen molar-refractivity contribution in [2.45, 2.75) is 5.16 Å². The van der Waals surface area contributed by atoms with Crippen LogP contribution >= 0.6 is 23.4 Å². The number of thioether (sulfide) groups is 1. The summed E-state index contributed by atoms with van der Waals surface area (Å²) in [6.45, 7) is 0. The zero-order valence-corrected chi connectivity index (χ0v) is 12.7. The van der Waals surface area contributed by atoms with E-state index >= 15 is 0 Å². The fraction of sp³-hybridized carbons (Fsp3) is 0.154. The summed E-state index contributed by atoms with van der Waals surface area (Å²) in [7, 11) is 1.42. The molecule has 6 nitrogen and oxygen atoms in total. The first-order chi connectivity index (χ1) is 10.0. The van der Waals surface area contributed by atoms with Gasteiger partial charge in [-0.1, -0.05) is 23.4 Å². The quantitative estimate of drug-likeness (QED) is 0.664. The Morgan fingerprint density at radius 1 is 1.52 bits per heavy atom. The van der Waals surface area contributed by atoms with E-state index < -0.39 is 5.56 Å². The van der Waals surface area contributed by atoms with E-state index in [1.54, 1.807) is 12.3 Å². The van der Waals surface area contributed by atoms with Gasteiger partial charge in [-0.05, 0) is 18.4 Å². The van der Waals surface area contributed by atoms with Crippen LogP contribution in [0.15, 0.2) is 22.1 Å². The summed E-state index contributed by atoms with van der Waals surface area (Å²) in [5.41, 5.74) is -0.492. The summed E-state index contributed by atoms with van der Waals surface area (Å²) in [6, 6.07) is 4.81. The molecule has 2 aromatic rings. The zero-order chi connectivity index (χ0) is 15.6. The van der Waals surface area contributed by atoms with Gasteiger partial charge >= 0.3 is 0 Å². The number of hydrogen-bond acceptors (Lipinski definition) is 6. The molecular formula is C13H10ClN3O3S. The van der Waals surface area contributed by atoms with Gasteiger partial charge in [0, 0.05) is 5.56 Å². The second-order valence-electron chi connectivity index (χ2n) is 3.89. The van der Waals surface area contributed by atoms with E-state index in [1.807, 2.05) is 0 Å². The first kappa shape index (κ1) is 15.2. The maximum atomic E-state index is 11.9. The topological polar surface area (TPSA) is 99.0 Å². The van der Waals surface area contributed by atoms with Gasteiger partial charge in [0.15, 0.2) is 5.16 Å². The molecule has 1 heterocycles. The summed E-state index contributed by atoms with van der Waals surface area (Å²) in [6.07, 6.45) is 1.73. The van der Waals surface area contributed by atoms with Crippen molar-refractivity contribution in [2.24, 2.45) is 0 Å². The lowest BCUT2D eigenvalue weighted by Gasteiger charge is -2.10. The zero-order valence-electron chi connectivity index (χ0n) is 11.1. The molecule has 0 amide bonds. The second-order valence-corrected chi connectivity index (χ2v) is 5.06. The van der Waals surface area contributed by atoms with Crippen LogP contribution in [0.3, 0.4) is 0 Å². The van der Waals surface area contributed by atoms with Crippen molar-refractivity contribution in [3.63, 3.8) is 0 Å². The molecule has 21 heavy (non-hydrogen) atoms. The number of H-pyrrole nitrogens is 1. The van der Waals surface area contributed by atoms with Crippen LogP contribution in [0, 0.1) is 11.3 Å². The van der Waals surface area contributed by atoms with Gasteiger partial charge in [-0.2, -0.15) is 5.26 Å². The predicted octanol–water partition coefficient (Wildman–Crippen LogP) is 2.40. The average molecular weight is 324 g/mol. The van der Waals surface area contributed by atoms with Crippen molar-refractivity contribution in [2.75, 3.05) is 13.4 Å². The number of nitrogens with one attached hydrogen (secondary N) is 1. The van der Waals surface area contributed by atoms with Gasteiger partial charge in [-0.15, -0.1) is 0 Å². The lowest BCUT2D eigenvalue weighted by Crippen LogP contribution is -2.14. The number of aromatic hydroxyl groups is 1. The minimum Gasteiger partial charge on any atom is -0.506 e. The summed E-state index contributed by atoms with van der Waals surface area (Å²) >= 11 is 7.19. The van der Waals surface area contributed by atoms with Gasteiger partial charge in [0.2, 0.25) is 0 Å². The van der Waals surface area contributed by atoms with Crippen LogP contribution in [0.2, 0.25) is 5.02 Å². The third-order valence-corrected chi connectivity index (χ3v) is 3.70. The van der Waals surface area contributed by atoms with Gasteiger partial charge in [0.25, 0.3) is 5.56 Å². The first-order valence-corrected chi connectivity index (χ1v) is 7.28. The molecular weight excluding hydrogens is 314 g/mol. The summed E-state index contributed by atoms with van der Waals surface area (Å²) in [4.78, 5) is 18.5. The molecule has 8 heteroatoms. The smallest absolute Gasteiger partial charge is 0.270 e. The molecule has 1 aromatic carbocycles. The molecule has 0 aliphatic heterocycles. The van der Waals surface area contributed by atoms with Crippen LogP contribution in [-0.4, -0.2) is 28.4 Å². The average Bonchev–Trinajstić information content (AvgIpc) is 2.49. The highest BCUT2D eigenvalue weighted by Crippen LogP contribution is 2.40. The van der Waals surface area contributed by atoms with E-state index in [0.717, 1.165) is 0 Å². The number of methoxy groups -OCH3 is 1. The molecule has 0 fully saturated rings. The Morgan fingerprint density at radius 3 is 2.81 bits per heavy atom. The number of benzene rings is 1. The highest BCUT2D eigenvalue weighted by molar-refractivity contribution is 7.98. The summed E-state index contributed by atoms with van der Waals surface area (Å²) in [5, 5.41) is 19.6. The Hall–Kier alpha value is -2.17. The minimum atomic E-state index is -0.571.